The van der Waals surface area contributed by atoms with E-state index < -0.39 is 50.2 Å². The molecule has 0 radical (unpaired) electrons. The third-order valence-corrected chi connectivity index (χ3v) is 6.53. The molecule has 6 N–H and O–H groups in total. The highest BCUT2D eigenvalue weighted by Gasteiger charge is 2.47. The third kappa shape index (κ3) is 8.28. The number of hydrogen-bond donors (Lipinski definition) is 4. The molecule has 1 atom stereocenters. The van der Waals surface area contributed by atoms with Gasteiger partial charge in [0, 0.05) is 5.69 Å². The highest BCUT2D eigenvalue weighted by molar-refractivity contribution is 7.92. The van der Waals surface area contributed by atoms with E-state index in [4.69, 9.17) is 21.4 Å². The third-order valence-electron chi connectivity index (χ3n) is 4.18. The Kier molecular flexibility index (Phi) is 10.3. The molecule has 1 aromatic rings. The number of aromatic amines is 1. The Bertz CT molecular complexity index is 879. The van der Waals surface area contributed by atoms with Crippen molar-refractivity contribution in [3.05, 3.63) is 17.5 Å². The molecule has 0 aliphatic heterocycles. The average Bonchev–Trinajstić information content (AvgIpc) is 3.06. The van der Waals surface area contributed by atoms with Crippen molar-refractivity contribution in [3.63, 3.8) is 0 Å². The molecule has 0 aliphatic rings. The van der Waals surface area contributed by atoms with Gasteiger partial charge in [0.2, 0.25) is 11.7 Å². The van der Waals surface area contributed by atoms with Crippen LogP contribution in [-0.4, -0.2) is 64.1 Å². The number of aromatic nitrogens is 2. The van der Waals surface area contributed by atoms with Gasteiger partial charge >= 0.3 is 12.1 Å². The van der Waals surface area contributed by atoms with E-state index >= 15 is 0 Å². The summed E-state index contributed by atoms with van der Waals surface area (Å²) in [4.78, 5) is 33.3. The minimum Gasteiger partial charge on any atom is -0.475 e. The number of hydrogen-bond acceptors (Lipinski definition) is 7. The van der Waals surface area contributed by atoms with Gasteiger partial charge in [0.15, 0.2) is 15.4 Å². The molecule has 0 unspecified atom stereocenters. The molecule has 10 nitrogen and oxygen atoms in total. The highest BCUT2D eigenvalue weighted by atomic mass is 32.2. The van der Waals surface area contributed by atoms with Crippen molar-refractivity contribution in [1.82, 2.24) is 10.2 Å². The SMILES string of the molecule is CCCC(CCC)S(=O)(=O)C[C@](N)(C(N)=O)C(=O)c1cc(C)[nH]n1.O=C(O)C(F)(F)F. The maximum atomic E-state index is 12.7. The Hall–Kier alpha value is -2.48. The molecule has 0 aliphatic carbocycles. The van der Waals surface area contributed by atoms with E-state index in [1.807, 2.05) is 13.8 Å². The van der Waals surface area contributed by atoms with Gasteiger partial charge in [0.05, 0.1) is 11.0 Å². The molecule has 0 saturated heterocycles. The van der Waals surface area contributed by atoms with Crippen molar-refractivity contribution in [2.45, 2.75) is 63.4 Å². The van der Waals surface area contributed by atoms with Crippen LogP contribution in [0, 0.1) is 6.92 Å². The topological polar surface area (TPSA) is 186 Å². The molecule has 31 heavy (non-hydrogen) atoms. The summed E-state index contributed by atoms with van der Waals surface area (Å²) in [7, 11) is -3.78. The lowest BCUT2D eigenvalue weighted by atomic mass is 9.94. The summed E-state index contributed by atoms with van der Waals surface area (Å²) >= 11 is 0. The molecule has 1 aromatic heterocycles. The number of ketones is 1. The molecule has 0 fully saturated rings. The van der Waals surface area contributed by atoms with Gasteiger partial charge in [-0.3, -0.25) is 14.7 Å². The number of Topliss-reactive ketones (excluding diaryl/α,β-unsaturated/α-hetero) is 1. The van der Waals surface area contributed by atoms with Crippen molar-refractivity contribution in [3.8, 4) is 0 Å². The van der Waals surface area contributed by atoms with Crippen LogP contribution in [0.4, 0.5) is 13.2 Å². The van der Waals surface area contributed by atoms with E-state index in [2.05, 4.69) is 10.2 Å². The number of primary amides is 1. The zero-order valence-corrected chi connectivity index (χ0v) is 18.1. The van der Waals surface area contributed by atoms with E-state index in [1.54, 1.807) is 6.92 Å². The summed E-state index contributed by atoms with van der Waals surface area (Å²) in [5.74, 6) is -5.64. The van der Waals surface area contributed by atoms with Crippen LogP contribution < -0.4 is 11.5 Å². The van der Waals surface area contributed by atoms with E-state index in [0.717, 1.165) is 0 Å². The number of nitrogens with zero attached hydrogens (tertiary/aromatic N) is 1. The zero-order chi connectivity index (χ0) is 24.6. The van der Waals surface area contributed by atoms with Gasteiger partial charge in [-0.2, -0.15) is 18.3 Å². The fraction of sp³-hybridized carbons (Fsp3) is 0.647. The number of rotatable bonds is 10. The molecule has 1 amide bonds. The van der Waals surface area contributed by atoms with Gasteiger partial charge in [-0.1, -0.05) is 26.7 Å². The van der Waals surface area contributed by atoms with Crippen molar-refractivity contribution >= 4 is 27.5 Å². The first kappa shape index (κ1) is 28.5. The Balaban J connectivity index is 0.00000110. The lowest BCUT2D eigenvalue weighted by Gasteiger charge is -2.26. The van der Waals surface area contributed by atoms with E-state index in [1.165, 1.54) is 6.07 Å². The standard InChI is InChI=1S/C15H26N4O4S.C2HF3O2/c1-4-6-11(7-5-2)24(22,23)9-15(17,14(16)21)13(20)12-8-10(3)18-19-12;3-2(4,5)1(6)7/h8,11H,4-7,9,17H2,1-3H3,(H2,16,21)(H,18,19);(H,6,7)/t15-;/m1./s1. The molecule has 0 aromatic carbocycles. The number of amides is 1. The molecule has 1 heterocycles. The average molecular weight is 472 g/mol. The Morgan fingerprint density at radius 2 is 1.65 bits per heavy atom. The number of nitrogens with one attached hydrogen (secondary N) is 1. The lowest BCUT2D eigenvalue weighted by Crippen LogP contribution is -2.63. The highest BCUT2D eigenvalue weighted by Crippen LogP contribution is 2.21. The smallest absolute Gasteiger partial charge is 0.475 e. The Labute approximate surface area is 177 Å². The largest absolute Gasteiger partial charge is 0.490 e. The van der Waals surface area contributed by atoms with Crippen LogP contribution in [-0.2, 0) is 19.4 Å². The van der Waals surface area contributed by atoms with Crippen molar-refractivity contribution in [1.29, 1.82) is 0 Å². The summed E-state index contributed by atoms with van der Waals surface area (Å²) < 4.78 is 57.1. The van der Waals surface area contributed by atoms with E-state index in [-0.39, 0.29) is 5.69 Å². The molecular weight excluding hydrogens is 445 g/mol. The molecule has 1 rings (SSSR count). The molecule has 14 heteroatoms. The zero-order valence-electron chi connectivity index (χ0n) is 17.3. The fourth-order valence-electron chi connectivity index (χ4n) is 2.59. The maximum Gasteiger partial charge on any atom is 0.490 e. The molecular formula is C17H27F3N4O6S. The number of nitrogens with two attached hydrogens (primary N) is 2. The summed E-state index contributed by atoms with van der Waals surface area (Å²) in [5.41, 5.74) is 9.32. The first-order chi connectivity index (χ1) is 14.0. The van der Waals surface area contributed by atoms with Gasteiger partial charge in [-0.05, 0) is 25.8 Å². The Morgan fingerprint density at radius 3 is 1.94 bits per heavy atom. The second-order valence-electron chi connectivity index (χ2n) is 6.91. The number of sulfone groups is 1. The van der Waals surface area contributed by atoms with Gasteiger partial charge in [0.25, 0.3) is 0 Å². The van der Waals surface area contributed by atoms with Crippen molar-refractivity contribution in [2.24, 2.45) is 11.5 Å². The number of carboxylic acid groups (broad SMARTS) is 1. The van der Waals surface area contributed by atoms with Crippen LogP contribution >= 0.6 is 0 Å². The number of carbonyl (C=O) groups excluding carboxylic acids is 2. The molecule has 0 spiro atoms. The first-order valence-electron chi connectivity index (χ1n) is 9.20. The van der Waals surface area contributed by atoms with Gasteiger partial charge in [-0.15, -0.1) is 0 Å². The van der Waals surface area contributed by atoms with Gasteiger partial charge in [0.1, 0.15) is 5.69 Å². The first-order valence-corrected chi connectivity index (χ1v) is 10.9. The quantitative estimate of drug-likeness (QED) is 0.288. The van der Waals surface area contributed by atoms with Crippen LogP contribution in [0.25, 0.3) is 0 Å². The maximum absolute atomic E-state index is 12.7. The van der Waals surface area contributed by atoms with Gasteiger partial charge < -0.3 is 16.6 Å². The normalized spacial score (nSPS) is 13.8. The van der Waals surface area contributed by atoms with Crippen molar-refractivity contribution in [2.75, 3.05) is 5.75 Å². The number of aliphatic carboxylic acids is 1. The van der Waals surface area contributed by atoms with Crippen LogP contribution in [0.2, 0.25) is 0 Å². The summed E-state index contributed by atoms with van der Waals surface area (Å²) in [5, 5.41) is 12.8. The molecule has 0 saturated carbocycles. The minimum atomic E-state index is -5.08. The van der Waals surface area contributed by atoms with E-state index in [0.29, 0.717) is 31.4 Å². The van der Waals surface area contributed by atoms with Crippen molar-refractivity contribution < 1.29 is 41.1 Å². The molecule has 0 bridgehead atoms. The summed E-state index contributed by atoms with van der Waals surface area (Å²) in [6.45, 7) is 5.42. The Morgan fingerprint density at radius 1 is 1.19 bits per heavy atom. The number of alkyl halides is 3. The summed E-state index contributed by atoms with van der Waals surface area (Å²) in [6.07, 6.45) is -2.85. The number of carbonyl (C=O) groups is 3. The molecule has 178 valence electrons. The predicted molar refractivity (Wildman–Crippen MR) is 105 cm³/mol. The van der Waals surface area contributed by atoms with Crippen LogP contribution in [0.1, 0.15) is 55.7 Å². The number of aryl methyl sites for hydroxylation is 1. The number of halogens is 3. The monoisotopic (exact) mass is 472 g/mol. The number of carboxylic acids is 1. The van der Waals surface area contributed by atoms with Crippen LogP contribution in [0.15, 0.2) is 6.07 Å². The fourth-order valence-corrected chi connectivity index (χ4v) is 4.93. The minimum absolute atomic E-state index is 0.105. The van der Waals surface area contributed by atoms with Crippen LogP contribution in [0.5, 0.6) is 0 Å². The predicted octanol–water partition coefficient (Wildman–Crippen LogP) is 1.10. The second kappa shape index (κ2) is 11.2. The summed E-state index contributed by atoms with van der Waals surface area (Å²) in [6, 6.07) is 1.40. The lowest BCUT2D eigenvalue weighted by molar-refractivity contribution is -0.192. The van der Waals surface area contributed by atoms with E-state index in [9.17, 15) is 31.2 Å². The number of H-pyrrole nitrogens is 1. The second-order valence-corrected chi connectivity index (χ2v) is 9.19. The van der Waals surface area contributed by atoms with Gasteiger partial charge in [-0.25, -0.2) is 13.2 Å². The van der Waals surface area contributed by atoms with Crippen LogP contribution in [0.3, 0.4) is 0 Å².